The van der Waals surface area contributed by atoms with E-state index in [1.807, 2.05) is 24.4 Å². The van der Waals surface area contributed by atoms with Gasteiger partial charge < -0.3 is 0 Å². The van der Waals surface area contributed by atoms with Gasteiger partial charge in [0.05, 0.1) is 0 Å². The Morgan fingerprint density at radius 1 is 0.893 bits per heavy atom. The predicted octanol–water partition coefficient (Wildman–Crippen LogP) is 6.13. The number of nitrogens with zero attached hydrogens (tertiary/aromatic N) is 1. The second kappa shape index (κ2) is 9.91. The molecule has 3 nitrogen and oxygen atoms in total. The van der Waals surface area contributed by atoms with Crippen molar-refractivity contribution in [3.8, 4) is 0 Å². The summed E-state index contributed by atoms with van der Waals surface area (Å²) in [5, 5.41) is 1.97. The fraction of sp³-hybridized carbons (Fsp3) is 0.500. The second-order valence-corrected chi connectivity index (χ2v) is 21.3. The minimum atomic E-state index is -2.72. The minimum absolute atomic E-state index is 0.0578. The molecule has 0 fully saturated rings. The van der Waals surface area contributed by atoms with Gasteiger partial charge in [0.1, 0.15) is 0 Å². The molecule has 1 aromatic carbocycles. The van der Waals surface area contributed by atoms with E-state index in [4.69, 9.17) is 4.98 Å². The van der Waals surface area contributed by atoms with Crippen LogP contribution in [0, 0.1) is 0 Å². The Morgan fingerprint density at radius 2 is 1.50 bits per heavy atom. The van der Waals surface area contributed by atoms with Gasteiger partial charge >= 0.3 is 173 Å². The number of pyridine rings is 2. The molecule has 28 heavy (non-hydrogen) atoms. The summed E-state index contributed by atoms with van der Waals surface area (Å²) in [5.41, 5.74) is 1.85. The molecule has 3 aromatic rings. The van der Waals surface area contributed by atoms with E-state index < -0.39 is 18.4 Å². The zero-order valence-corrected chi connectivity index (χ0v) is 20.5. The van der Waals surface area contributed by atoms with Crippen LogP contribution in [0.5, 0.6) is 0 Å². The van der Waals surface area contributed by atoms with Gasteiger partial charge in [-0.15, -0.1) is 0 Å². The summed E-state index contributed by atoms with van der Waals surface area (Å²) >= 11 is -2.72. The number of hydrogen-bond acceptors (Lipinski definition) is 2. The molecule has 2 aromatic heterocycles. The van der Waals surface area contributed by atoms with E-state index >= 15 is 0 Å². The third-order valence-electron chi connectivity index (χ3n) is 6.21. The molecule has 0 spiro atoms. The van der Waals surface area contributed by atoms with Gasteiger partial charge in [0.25, 0.3) is 0 Å². The van der Waals surface area contributed by atoms with E-state index in [-0.39, 0.29) is 5.56 Å². The van der Waals surface area contributed by atoms with Gasteiger partial charge in [0.2, 0.25) is 0 Å². The topological polar surface area (TPSA) is 45.8 Å². The standard InChI is InChI=1S/C12H7N2O.3C4H9.Sn/c15-12-9-5-3-7-13-11(9)8-4-1-2-6-10(8)14-12;3*1-3-4-2;/h1-4,6-7H,(H,14,15);3*1,3-4H2,2H3;. The molecule has 0 atom stereocenters. The van der Waals surface area contributed by atoms with Crippen molar-refractivity contribution in [1.82, 2.24) is 9.97 Å². The van der Waals surface area contributed by atoms with Crippen LogP contribution in [0.3, 0.4) is 0 Å². The molecule has 0 unspecified atom stereocenters. The molecule has 0 radical (unpaired) electrons. The molecular weight excluding hydrogens is 451 g/mol. The zero-order chi connectivity index (χ0) is 20.0. The average molecular weight is 485 g/mol. The maximum atomic E-state index is 13.2. The number of aromatic amines is 1. The summed E-state index contributed by atoms with van der Waals surface area (Å²) in [7, 11) is 0. The Bertz CT molecular complexity index is 957. The first kappa shape index (κ1) is 21.4. The number of nitrogens with one attached hydrogen (secondary N) is 1. The van der Waals surface area contributed by atoms with Gasteiger partial charge in [-0.3, -0.25) is 0 Å². The molecule has 1 N–H and O–H groups in total. The van der Waals surface area contributed by atoms with Gasteiger partial charge in [-0.1, -0.05) is 0 Å². The predicted molar refractivity (Wildman–Crippen MR) is 124 cm³/mol. The molecule has 0 bridgehead atoms. The van der Waals surface area contributed by atoms with Crippen LogP contribution in [0.2, 0.25) is 13.3 Å². The molecule has 4 heteroatoms. The SMILES string of the molecule is CCC[CH2][Sn]([CH2]CCC)([CH2]CCC)[c]1ccnc2c1c(=O)[nH]c1ccccc12. The van der Waals surface area contributed by atoms with Crippen molar-refractivity contribution < 1.29 is 0 Å². The molecule has 3 rings (SSSR count). The van der Waals surface area contributed by atoms with Gasteiger partial charge in [-0.2, -0.15) is 0 Å². The number of rotatable bonds is 10. The molecule has 0 aliphatic rings. The molecule has 150 valence electrons. The van der Waals surface area contributed by atoms with E-state index in [0.717, 1.165) is 21.8 Å². The van der Waals surface area contributed by atoms with Crippen LogP contribution in [0.15, 0.2) is 41.3 Å². The van der Waals surface area contributed by atoms with Gasteiger partial charge in [-0.25, -0.2) is 0 Å². The number of H-pyrrole nitrogens is 1. The number of para-hydroxylation sites is 1. The monoisotopic (exact) mass is 486 g/mol. The zero-order valence-electron chi connectivity index (χ0n) is 17.7. The molecule has 0 amide bonds. The number of aromatic nitrogens is 2. The first-order valence-corrected chi connectivity index (χ1v) is 18.5. The first-order valence-electron chi connectivity index (χ1n) is 11.1. The van der Waals surface area contributed by atoms with Crippen LogP contribution in [-0.4, -0.2) is 28.3 Å². The van der Waals surface area contributed by atoms with Crippen LogP contribution in [0.4, 0.5) is 0 Å². The van der Waals surface area contributed by atoms with Gasteiger partial charge in [-0.05, 0) is 0 Å². The van der Waals surface area contributed by atoms with Crippen LogP contribution in [0.25, 0.3) is 21.8 Å². The van der Waals surface area contributed by atoms with Gasteiger partial charge in [0, 0.05) is 0 Å². The van der Waals surface area contributed by atoms with Crippen LogP contribution in [0.1, 0.15) is 59.3 Å². The van der Waals surface area contributed by atoms with Gasteiger partial charge in [0.15, 0.2) is 0 Å². The number of benzene rings is 1. The molecular formula is C24H34N2OSn. The quantitative estimate of drug-likeness (QED) is 0.277. The summed E-state index contributed by atoms with van der Waals surface area (Å²) in [5.74, 6) is 0. The van der Waals surface area contributed by atoms with Crippen molar-refractivity contribution in [1.29, 1.82) is 0 Å². The number of fused-ring (bicyclic) bond motifs is 3. The summed E-state index contributed by atoms with van der Waals surface area (Å²) < 4.78 is 5.51. The summed E-state index contributed by atoms with van der Waals surface area (Å²) in [4.78, 5) is 21.1. The molecule has 0 aliphatic carbocycles. The van der Waals surface area contributed by atoms with Crippen molar-refractivity contribution >= 4 is 43.8 Å². The van der Waals surface area contributed by atoms with Crippen LogP contribution in [-0.2, 0) is 0 Å². The fourth-order valence-electron chi connectivity index (χ4n) is 4.65. The Kier molecular flexibility index (Phi) is 7.55. The van der Waals surface area contributed by atoms with E-state index in [9.17, 15) is 4.79 Å². The van der Waals surface area contributed by atoms with Crippen LogP contribution < -0.4 is 9.14 Å². The van der Waals surface area contributed by atoms with Crippen molar-refractivity contribution in [3.63, 3.8) is 0 Å². The normalized spacial score (nSPS) is 12.1. The fourth-order valence-corrected chi connectivity index (χ4v) is 21.3. The van der Waals surface area contributed by atoms with Crippen LogP contribution >= 0.6 is 0 Å². The number of hydrogen-bond donors (Lipinski definition) is 1. The van der Waals surface area contributed by atoms with E-state index in [1.54, 1.807) is 0 Å². The first-order chi connectivity index (χ1) is 13.7. The summed E-state index contributed by atoms with van der Waals surface area (Å²) in [6, 6.07) is 10.3. The Labute approximate surface area is 172 Å². The van der Waals surface area contributed by atoms with Crippen molar-refractivity contribution in [2.45, 2.75) is 72.6 Å². The van der Waals surface area contributed by atoms with Crippen molar-refractivity contribution in [3.05, 3.63) is 46.9 Å². The molecule has 0 aliphatic heterocycles. The van der Waals surface area contributed by atoms with E-state index in [1.165, 1.54) is 55.4 Å². The molecule has 0 saturated carbocycles. The average Bonchev–Trinajstić information content (AvgIpc) is 2.73. The molecule has 0 saturated heterocycles. The Hall–Kier alpha value is -1.36. The summed E-state index contributed by atoms with van der Waals surface area (Å²) in [6.07, 6.45) is 9.55. The molecule has 2 heterocycles. The Balaban J connectivity index is 2.28. The van der Waals surface area contributed by atoms with E-state index in [2.05, 4.69) is 37.9 Å². The second-order valence-electron chi connectivity index (χ2n) is 8.17. The maximum absolute atomic E-state index is 13.2. The van der Waals surface area contributed by atoms with E-state index in [0.29, 0.717) is 0 Å². The summed E-state index contributed by atoms with van der Waals surface area (Å²) in [6.45, 7) is 6.88. The van der Waals surface area contributed by atoms with Crippen molar-refractivity contribution in [2.75, 3.05) is 0 Å². The third kappa shape index (κ3) is 4.29. The van der Waals surface area contributed by atoms with Crippen molar-refractivity contribution in [2.24, 2.45) is 0 Å². The third-order valence-corrected chi connectivity index (χ3v) is 21.9. The number of unbranched alkanes of at least 4 members (excludes halogenated alkanes) is 3. The Morgan fingerprint density at radius 3 is 2.11 bits per heavy atom.